The Morgan fingerprint density at radius 2 is 2.24 bits per heavy atom. The van der Waals surface area contributed by atoms with E-state index in [4.69, 9.17) is 5.73 Å². The summed E-state index contributed by atoms with van der Waals surface area (Å²) in [7, 11) is 0. The summed E-state index contributed by atoms with van der Waals surface area (Å²) in [5.41, 5.74) is 5.20. The van der Waals surface area contributed by atoms with E-state index >= 15 is 0 Å². The number of carbonyl (C=O) groups excluding carboxylic acids is 4. The minimum Gasteiger partial charge on any atom is -0.463 e. The molecule has 21 heavy (non-hydrogen) atoms. The fourth-order valence-corrected chi connectivity index (χ4v) is 1.82. The van der Waals surface area contributed by atoms with Gasteiger partial charge in [0.05, 0.1) is 6.61 Å². The zero-order chi connectivity index (χ0) is 15.8. The number of ether oxygens (including phenoxy) is 1. The summed E-state index contributed by atoms with van der Waals surface area (Å²) < 4.78 is 4.68. The molecule has 0 bridgehead atoms. The van der Waals surface area contributed by atoms with Gasteiger partial charge in [-0.3, -0.25) is 14.4 Å². The summed E-state index contributed by atoms with van der Waals surface area (Å²) in [5, 5.41) is 4.95. The molecule has 0 aliphatic carbocycles. The van der Waals surface area contributed by atoms with Crippen molar-refractivity contribution in [1.82, 2.24) is 10.6 Å². The lowest BCUT2D eigenvalue weighted by Gasteiger charge is -2.16. The third-order valence-corrected chi connectivity index (χ3v) is 2.88. The maximum absolute atomic E-state index is 11.9. The second-order valence-electron chi connectivity index (χ2n) is 4.51. The first-order valence-electron chi connectivity index (χ1n) is 6.66. The number of nitrogens with two attached hydrogens (primary N) is 1. The van der Waals surface area contributed by atoms with Crippen LogP contribution in [-0.4, -0.2) is 42.4 Å². The van der Waals surface area contributed by atoms with Gasteiger partial charge in [-0.15, -0.1) is 0 Å². The number of nitrogens with one attached hydrogen (secondary N) is 2. The van der Waals surface area contributed by atoms with Gasteiger partial charge in [-0.25, -0.2) is 4.79 Å². The van der Waals surface area contributed by atoms with Crippen molar-refractivity contribution in [1.29, 1.82) is 0 Å². The van der Waals surface area contributed by atoms with Crippen LogP contribution in [0.4, 0.5) is 0 Å². The van der Waals surface area contributed by atoms with Gasteiger partial charge in [-0.1, -0.05) is 6.08 Å². The van der Waals surface area contributed by atoms with Gasteiger partial charge in [0.1, 0.15) is 12.1 Å². The zero-order valence-electron chi connectivity index (χ0n) is 11.8. The van der Waals surface area contributed by atoms with Crippen molar-refractivity contribution >= 4 is 23.7 Å². The van der Waals surface area contributed by atoms with Gasteiger partial charge in [-0.05, 0) is 19.8 Å². The molecule has 0 aromatic heterocycles. The molecule has 0 unspecified atom stereocenters. The van der Waals surface area contributed by atoms with Gasteiger partial charge in [0.2, 0.25) is 17.7 Å². The molecular weight excluding hydrogens is 278 g/mol. The first-order chi connectivity index (χ1) is 9.93. The lowest BCUT2D eigenvalue weighted by atomic mass is 10.1. The molecule has 0 spiro atoms. The highest BCUT2D eigenvalue weighted by Gasteiger charge is 2.29. The first kappa shape index (κ1) is 16.7. The number of carbonyl (C=O) groups is 4. The molecule has 8 heteroatoms. The number of rotatable bonds is 7. The van der Waals surface area contributed by atoms with Crippen molar-refractivity contribution < 1.29 is 23.9 Å². The van der Waals surface area contributed by atoms with E-state index in [1.807, 2.05) is 0 Å². The molecule has 1 saturated heterocycles. The average Bonchev–Trinajstić information content (AvgIpc) is 2.84. The second kappa shape index (κ2) is 8.03. The highest BCUT2D eigenvalue weighted by atomic mass is 16.5. The molecule has 0 aromatic rings. The molecule has 4 N–H and O–H groups in total. The van der Waals surface area contributed by atoms with Gasteiger partial charge < -0.3 is 21.1 Å². The summed E-state index contributed by atoms with van der Waals surface area (Å²) in [6.45, 7) is 1.93. The minimum absolute atomic E-state index is 0.0700. The van der Waals surface area contributed by atoms with Crippen LogP contribution in [0.2, 0.25) is 0 Å². The van der Waals surface area contributed by atoms with Crippen LogP contribution in [0.15, 0.2) is 12.2 Å². The highest BCUT2D eigenvalue weighted by Crippen LogP contribution is 2.07. The molecule has 116 valence electrons. The van der Waals surface area contributed by atoms with Gasteiger partial charge >= 0.3 is 5.97 Å². The SMILES string of the molecule is CCOC(=O)/C=C/C[C@H](NC(=O)[C@H]1CCC(=O)N1)C(N)=O. The number of primary amides is 1. The van der Waals surface area contributed by atoms with Gasteiger partial charge in [0.15, 0.2) is 0 Å². The van der Waals surface area contributed by atoms with Crippen molar-refractivity contribution in [3.8, 4) is 0 Å². The van der Waals surface area contributed by atoms with Crippen LogP contribution in [0, 0.1) is 0 Å². The number of esters is 1. The quantitative estimate of drug-likeness (QED) is 0.399. The van der Waals surface area contributed by atoms with Crippen molar-refractivity contribution in [2.24, 2.45) is 5.73 Å². The predicted octanol–water partition coefficient (Wildman–Crippen LogP) is -1.26. The molecule has 0 aromatic carbocycles. The van der Waals surface area contributed by atoms with Crippen LogP contribution in [-0.2, 0) is 23.9 Å². The monoisotopic (exact) mass is 297 g/mol. The fourth-order valence-electron chi connectivity index (χ4n) is 1.82. The van der Waals surface area contributed by atoms with E-state index in [-0.39, 0.29) is 25.4 Å². The summed E-state index contributed by atoms with van der Waals surface area (Å²) in [4.78, 5) is 45.3. The topological polar surface area (TPSA) is 128 Å². The molecule has 1 aliphatic rings. The third kappa shape index (κ3) is 5.64. The van der Waals surface area contributed by atoms with Crippen molar-refractivity contribution in [2.75, 3.05) is 6.61 Å². The van der Waals surface area contributed by atoms with Crippen LogP contribution >= 0.6 is 0 Å². The fraction of sp³-hybridized carbons (Fsp3) is 0.538. The Labute approximate surface area is 122 Å². The molecule has 0 radical (unpaired) electrons. The van der Waals surface area contributed by atoms with Crippen LogP contribution in [0.5, 0.6) is 0 Å². The molecular formula is C13H19N3O5. The van der Waals surface area contributed by atoms with Crippen LogP contribution in [0.3, 0.4) is 0 Å². The Balaban J connectivity index is 2.50. The van der Waals surface area contributed by atoms with Gasteiger partial charge in [0, 0.05) is 12.5 Å². The normalized spacial score (nSPS) is 19.1. The number of hydrogen-bond donors (Lipinski definition) is 3. The number of hydrogen-bond acceptors (Lipinski definition) is 5. The van der Waals surface area contributed by atoms with E-state index in [1.54, 1.807) is 6.92 Å². The summed E-state index contributed by atoms with van der Waals surface area (Å²) >= 11 is 0. The number of amides is 3. The Hall–Kier alpha value is -2.38. The Morgan fingerprint density at radius 1 is 1.52 bits per heavy atom. The van der Waals surface area contributed by atoms with E-state index in [1.165, 1.54) is 12.2 Å². The zero-order valence-corrected chi connectivity index (χ0v) is 11.8. The van der Waals surface area contributed by atoms with Crippen LogP contribution in [0.25, 0.3) is 0 Å². The Bertz CT molecular complexity index is 461. The predicted molar refractivity (Wildman–Crippen MR) is 72.7 cm³/mol. The first-order valence-corrected chi connectivity index (χ1v) is 6.66. The van der Waals surface area contributed by atoms with Crippen molar-refractivity contribution in [2.45, 2.75) is 38.3 Å². The van der Waals surface area contributed by atoms with Crippen LogP contribution < -0.4 is 16.4 Å². The van der Waals surface area contributed by atoms with E-state index in [0.717, 1.165) is 0 Å². The van der Waals surface area contributed by atoms with E-state index in [9.17, 15) is 19.2 Å². The largest absolute Gasteiger partial charge is 0.463 e. The molecule has 8 nitrogen and oxygen atoms in total. The van der Waals surface area contributed by atoms with E-state index < -0.39 is 29.9 Å². The molecule has 0 saturated carbocycles. The van der Waals surface area contributed by atoms with Gasteiger partial charge in [-0.2, -0.15) is 0 Å². The lowest BCUT2D eigenvalue weighted by Crippen LogP contribution is -2.50. The minimum atomic E-state index is -0.944. The van der Waals surface area contributed by atoms with Gasteiger partial charge in [0.25, 0.3) is 0 Å². The molecule has 2 atom stereocenters. The standard InChI is InChI=1S/C13H19N3O5/c1-2-21-11(18)5-3-4-8(12(14)19)16-13(20)9-6-7-10(17)15-9/h3,5,8-9H,2,4,6-7H2,1H3,(H2,14,19)(H,15,17)(H,16,20)/b5-3+/t8-,9+/m0/s1. The second-order valence-corrected chi connectivity index (χ2v) is 4.51. The van der Waals surface area contributed by atoms with Crippen molar-refractivity contribution in [3.63, 3.8) is 0 Å². The van der Waals surface area contributed by atoms with Crippen LogP contribution in [0.1, 0.15) is 26.2 Å². The maximum Gasteiger partial charge on any atom is 0.330 e. The van der Waals surface area contributed by atoms with E-state index in [2.05, 4.69) is 15.4 Å². The summed E-state index contributed by atoms with van der Waals surface area (Å²) in [5.74, 6) is -1.92. The van der Waals surface area contributed by atoms with E-state index in [0.29, 0.717) is 6.42 Å². The molecule has 1 heterocycles. The lowest BCUT2D eigenvalue weighted by molar-refractivity contribution is -0.137. The summed E-state index contributed by atoms with van der Waals surface area (Å²) in [6.07, 6.45) is 3.31. The molecule has 1 fully saturated rings. The Morgan fingerprint density at radius 3 is 2.76 bits per heavy atom. The average molecular weight is 297 g/mol. The van der Waals surface area contributed by atoms with Crippen molar-refractivity contribution in [3.05, 3.63) is 12.2 Å². The molecule has 3 amide bonds. The summed E-state index contributed by atoms with van der Waals surface area (Å²) in [6, 6.07) is -1.59. The Kier molecular flexibility index (Phi) is 6.38. The third-order valence-electron chi connectivity index (χ3n) is 2.88. The maximum atomic E-state index is 11.9. The molecule has 1 rings (SSSR count). The molecule has 1 aliphatic heterocycles. The smallest absolute Gasteiger partial charge is 0.330 e. The highest BCUT2D eigenvalue weighted by molar-refractivity contribution is 5.93.